The molecule has 0 spiro atoms. The van der Waals surface area contributed by atoms with Gasteiger partial charge in [0.15, 0.2) is 0 Å². The molecule has 2 aliphatic rings. The molecular formula is C34H38N2O6. The van der Waals surface area contributed by atoms with Crippen molar-refractivity contribution in [2.45, 2.75) is 32.7 Å². The third-order valence-electron chi connectivity index (χ3n) is 7.60. The number of hydrogen-bond acceptors (Lipinski definition) is 7. The summed E-state index contributed by atoms with van der Waals surface area (Å²) in [5.41, 5.74) is 2.01. The van der Waals surface area contributed by atoms with E-state index in [4.69, 9.17) is 14.2 Å². The highest BCUT2D eigenvalue weighted by atomic mass is 16.5. The minimum atomic E-state index is -0.760. The molecule has 1 N–H and O–H groups in total. The van der Waals surface area contributed by atoms with E-state index in [2.05, 4.69) is 4.90 Å². The van der Waals surface area contributed by atoms with Crippen LogP contribution in [0.4, 0.5) is 0 Å². The van der Waals surface area contributed by atoms with Crippen molar-refractivity contribution in [3.8, 4) is 17.2 Å². The van der Waals surface area contributed by atoms with Crippen LogP contribution in [-0.2, 0) is 14.3 Å². The van der Waals surface area contributed by atoms with Gasteiger partial charge in [-0.25, -0.2) is 0 Å². The van der Waals surface area contributed by atoms with Crippen LogP contribution in [0.1, 0.15) is 42.5 Å². The van der Waals surface area contributed by atoms with Crippen molar-refractivity contribution in [1.82, 2.24) is 9.80 Å². The summed E-state index contributed by atoms with van der Waals surface area (Å²) in [5, 5.41) is 11.6. The SMILES string of the molecule is CCCOc1ccc(C(O)=C2C(=O)C(=O)N(CCCN3CCOCC3)[C@H]2c2cccc(Oc3ccccc3)c2)c(C)c1. The summed E-state index contributed by atoms with van der Waals surface area (Å²) in [6.07, 6.45) is 1.56. The van der Waals surface area contributed by atoms with Gasteiger partial charge in [-0.3, -0.25) is 14.5 Å². The first kappa shape index (κ1) is 29.4. The number of amides is 1. The number of hydrogen-bond donors (Lipinski definition) is 1. The van der Waals surface area contributed by atoms with E-state index >= 15 is 0 Å². The molecule has 5 rings (SSSR count). The highest BCUT2D eigenvalue weighted by Crippen LogP contribution is 2.41. The van der Waals surface area contributed by atoms with Crippen LogP contribution >= 0.6 is 0 Å². The Morgan fingerprint density at radius 1 is 0.929 bits per heavy atom. The van der Waals surface area contributed by atoms with Crippen molar-refractivity contribution >= 4 is 17.4 Å². The van der Waals surface area contributed by atoms with E-state index in [1.54, 1.807) is 17.0 Å². The third kappa shape index (κ3) is 6.66. The number of carbonyl (C=O) groups is 2. The predicted molar refractivity (Wildman–Crippen MR) is 161 cm³/mol. The number of nitrogens with zero attached hydrogens (tertiary/aromatic N) is 2. The topological polar surface area (TPSA) is 88.5 Å². The van der Waals surface area contributed by atoms with Crippen molar-refractivity contribution in [1.29, 1.82) is 0 Å². The van der Waals surface area contributed by atoms with Gasteiger partial charge in [-0.15, -0.1) is 0 Å². The summed E-state index contributed by atoms with van der Waals surface area (Å²) in [7, 11) is 0. The quantitative estimate of drug-likeness (QED) is 0.179. The van der Waals surface area contributed by atoms with Gasteiger partial charge in [0.25, 0.3) is 11.7 Å². The predicted octanol–water partition coefficient (Wildman–Crippen LogP) is 5.72. The molecule has 0 aromatic heterocycles. The average Bonchev–Trinajstić information content (AvgIpc) is 3.26. The second kappa shape index (κ2) is 13.7. The molecule has 0 aliphatic carbocycles. The van der Waals surface area contributed by atoms with Crippen LogP contribution in [0.3, 0.4) is 0 Å². The van der Waals surface area contributed by atoms with Crippen molar-refractivity contribution in [2.24, 2.45) is 0 Å². The number of Topliss-reactive ketones (excluding diaryl/α,β-unsaturated/α-hetero) is 1. The normalized spacial score (nSPS) is 18.8. The van der Waals surface area contributed by atoms with E-state index in [0.717, 1.165) is 31.6 Å². The van der Waals surface area contributed by atoms with E-state index in [1.807, 2.05) is 74.5 Å². The first-order valence-electron chi connectivity index (χ1n) is 14.6. The van der Waals surface area contributed by atoms with E-state index in [9.17, 15) is 14.7 Å². The fraction of sp³-hybridized carbons (Fsp3) is 0.353. The number of ether oxygens (including phenoxy) is 3. The number of aliphatic hydroxyl groups excluding tert-OH is 1. The molecule has 42 heavy (non-hydrogen) atoms. The molecule has 0 bridgehead atoms. The number of aliphatic hydroxyl groups is 1. The Morgan fingerprint density at radius 3 is 2.43 bits per heavy atom. The largest absolute Gasteiger partial charge is 0.507 e. The second-order valence-electron chi connectivity index (χ2n) is 10.6. The average molecular weight is 571 g/mol. The Hall–Kier alpha value is -4.14. The molecule has 2 aliphatic heterocycles. The molecule has 220 valence electrons. The number of aryl methyl sites for hydroxylation is 1. The summed E-state index contributed by atoms with van der Waals surface area (Å²) in [5.74, 6) is 0.448. The molecule has 1 atom stereocenters. The molecule has 2 saturated heterocycles. The van der Waals surface area contributed by atoms with Crippen LogP contribution in [0, 0.1) is 6.92 Å². The summed E-state index contributed by atoms with van der Waals surface area (Å²) >= 11 is 0. The molecule has 0 unspecified atom stereocenters. The Labute approximate surface area is 247 Å². The summed E-state index contributed by atoms with van der Waals surface area (Å²) < 4.78 is 17.3. The van der Waals surface area contributed by atoms with Crippen LogP contribution in [0.15, 0.2) is 78.4 Å². The van der Waals surface area contributed by atoms with Gasteiger partial charge in [0.2, 0.25) is 0 Å². The maximum atomic E-state index is 13.6. The lowest BCUT2D eigenvalue weighted by Gasteiger charge is -2.29. The van der Waals surface area contributed by atoms with Gasteiger partial charge in [-0.05, 0) is 73.4 Å². The van der Waals surface area contributed by atoms with Crippen LogP contribution < -0.4 is 9.47 Å². The molecule has 0 radical (unpaired) electrons. The van der Waals surface area contributed by atoms with Crippen LogP contribution in [0.25, 0.3) is 5.76 Å². The highest BCUT2D eigenvalue weighted by molar-refractivity contribution is 6.46. The van der Waals surface area contributed by atoms with Crippen LogP contribution in [-0.4, -0.2) is 72.6 Å². The highest BCUT2D eigenvalue weighted by Gasteiger charge is 2.46. The van der Waals surface area contributed by atoms with Gasteiger partial charge >= 0.3 is 0 Å². The first-order valence-corrected chi connectivity index (χ1v) is 14.6. The second-order valence-corrected chi connectivity index (χ2v) is 10.6. The van der Waals surface area contributed by atoms with Crippen molar-refractivity contribution < 1.29 is 28.9 Å². The zero-order valence-electron chi connectivity index (χ0n) is 24.3. The number of benzene rings is 3. The lowest BCUT2D eigenvalue weighted by Crippen LogP contribution is -2.38. The summed E-state index contributed by atoms with van der Waals surface area (Å²) in [6.45, 7) is 8.71. The van der Waals surface area contributed by atoms with Crippen molar-refractivity contribution in [2.75, 3.05) is 46.0 Å². The molecule has 0 saturated carbocycles. The maximum absolute atomic E-state index is 13.6. The fourth-order valence-electron chi connectivity index (χ4n) is 5.48. The number of ketones is 1. The standard InChI is InChI=1S/C34H38N2O6/c1-3-19-41-27-13-14-29(24(2)22-27)32(37)30-31(25-9-7-12-28(23-25)42-26-10-5-4-6-11-26)36(34(39)33(30)38)16-8-15-35-17-20-40-21-18-35/h4-7,9-14,22-23,31,37H,3,8,15-21H2,1-2H3/t31-/m0/s1. The Morgan fingerprint density at radius 2 is 1.69 bits per heavy atom. The zero-order chi connectivity index (χ0) is 29.5. The number of morpholine rings is 1. The summed E-state index contributed by atoms with van der Waals surface area (Å²) in [6, 6.07) is 21.4. The van der Waals surface area contributed by atoms with Crippen molar-refractivity contribution in [3.63, 3.8) is 0 Å². The Balaban J connectivity index is 1.50. The Bertz CT molecular complexity index is 1430. The fourth-order valence-corrected chi connectivity index (χ4v) is 5.48. The molecule has 8 heteroatoms. The van der Waals surface area contributed by atoms with Gasteiger partial charge in [-0.1, -0.05) is 37.3 Å². The van der Waals surface area contributed by atoms with E-state index in [-0.39, 0.29) is 11.3 Å². The molecule has 1 amide bonds. The van der Waals surface area contributed by atoms with Gasteiger partial charge in [0.1, 0.15) is 23.0 Å². The number of rotatable bonds is 11. The van der Waals surface area contributed by atoms with Crippen LogP contribution in [0.2, 0.25) is 0 Å². The smallest absolute Gasteiger partial charge is 0.295 e. The first-order chi connectivity index (χ1) is 20.5. The lowest BCUT2D eigenvalue weighted by molar-refractivity contribution is -0.140. The molecule has 2 heterocycles. The van der Waals surface area contributed by atoms with Crippen molar-refractivity contribution in [3.05, 3.63) is 95.1 Å². The monoisotopic (exact) mass is 570 g/mol. The third-order valence-corrected chi connectivity index (χ3v) is 7.60. The van der Waals surface area contributed by atoms with Gasteiger partial charge in [0, 0.05) is 31.7 Å². The number of likely N-dealkylation sites (tertiary alicyclic amines) is 1. The molecule has 3 aromatic rings. The molecule has 8 nitrogen and oxygen atoms in total. The van der Waals surface area contributed by atoms with E-state index in [1.165, 1.54) is 0 Å². The molecular weight excluding hydrogens is 532 g/mol. The van der Waals surface area contributed by atoms with Crippen LogP contribution in [0.5, 0.6) is 17.2 Å². The lowest BCUT2D eigenvalue weighted by atomic mass is 9.93. The summed E-state index contributed by atoms with van der Waals surface area (Å²) in [4.78, 5) is 31.0. The van der Waals surface area contributed by atoms with Gasteiger partial charge < -0.3 is 24.2 Å². The van der Waals surface area contributed by atoms with Gasteiger partial charge in [-0.2, -0.15) is 0 Å². The number of carbonyl (C=O) groups excluding carboxylic acids is 2. The molecule has 2 fully saturated rings. The van der Waals surface area contributed by atoms with Gasteiger partial charge in [0.05, 0.1) is 31.4 Å². The zero-order valence-corrected chi connectivity index (χ0v) is 24.3. The van der Waals surface area contributed by atoms with E-state index < -0.39 is 17.7 Å². The van der Waals surface area contributed by atoms with E-state index in [0.29, 0.717) is 61.2 Å². The minimum absolute atomic E-state index is 0.0774. The Kier molecular flexibility index (Phi) is 9.56. The maximum Gasteiger partial charge on any atom is 0.295 e. The molecule has 3 aromatic carbocycles. The number of para-hydroxylation sites is 1. The minimum Gasteiger partial charge on any atom is -0.507 e.